The number of rotatable bonds is 1. The summed E-state index contributed by atoms with van der Waals surface area (Å²) >= 11 is 0. The highest BCUT2D eigenvalue weighted by molar-refractivity contribution is 5.85. The summed E-state index contributed by atoms with van der Waals surface area (Å²) in [5, 5.41) is 11.2. The Hall–Kier alpha value is -0.0000000000000000486. The van der Waals surface area contributed by atoms with Gasteiger partial charge in [0.1, 0.15) is 5.41 Å². The van der Waals surface area contributed by atoms with Crippen LogP contribution in [-0.4, -0.2) is 31.0 Å². The molecule has 1 aliphatic heterocycles. The smallest absolute Gasteiger partial charge is 0.395 e. The molecule has 74 valence electrons. The van der Waals surface area contributed by atoms with Gasteiger partial charge in [-0.25, -0.2) is 0 Å². The van der Waals surface area contributed by atoms with Gasteiger partial charge in [-0.15, -0.1) is 12.4 Å². The minimum atomic E-state index is -4.29. The van der Waals surface area contributed by atoms with Gasteiger partial charge in [0.15, 0.2) is 0 Å². The number of aliphatic hydroxyl groups is 1. The maximum atomic E-state index is 12.2. The molecule has 1 fully saturated rings. The van der Waals surface area contributed by atoms with Gasteiger partial charge in [0.2, 0.25) is 0 Å². The molecule has 6 heteroatoms. The Morgan fingerprint density at radius 2 is 2.00 bits per heavy atom. The molecule has 2 N–H and O–H groups in total. The van der Waals surface area contributed by atoms with E-state index in [0.29, 0.717) is 6.54 Å². The first-order chi connectivity index (χ1) is 5.02. The SMILES string of the molecule is Cl.OC[C@@]1(C(F)(F)F)CCNC1. The number of alkyl halides is 3. The van der Waals surface area contributed by atoms with Gasteiger partial charge >= 0.3 is 6.18 Å². The van der Waals surface area contributed by atoms with Crippen LogP contribution in [0.4, 0.5) is 13.2 Å². The summed E-state index contributed by atoms with van der Waals surface area (Å²) in [6, 6.07) is 0. The number of nitrogens with one attached hydrogen (secondary N) is 1. The van der Waals surface area contributed by atoms with Crippen molar-refractivity contribution in [2.75, 3.05) is 19.7 Å². The fourth-order valence-electron chi connectivity index (χ4n) is 1.21. The number of hydrogen-bond donors (Lipinski definition) is 2. The van der Waals surface area contributed by atoms with Crippen molar-refractivity contribution in [1.82, 2.24) is 5.32 Å². The first kappa shape index (κ1) is 12.0. The van der Waals surface area contributed by atoms with Crippen molar-refractivity contribution < 1.29 is 18.3 Å². The van der Waals surface area contributed by atoms with Crippen molar-refractivity contribution in [3.8, 4) is 0 Å². The third-order valence-corrected chi connectivity index (χ3v) is 2.15. The van der Waals surface area contributed by atoms with Gasteiger partial charge < -0.3 is 10.4 Å². The Morgan fingerprint density at radius 3 is 2.17 bits per heavy atom. The third-order valence-electron chi connectivity index (χ3n) is 2.15. The molecule has 1 rings (SSSR count). The predicted octanol–water partition coefficient (Wildman–Crippen LogP) is 0.943. The maximum Gasteiger partial charge on any atom is 0.397 e. The Morgan fingerprint density at radius 1 is 1.42 bits per heavy atom. The van der Waals surface area contributed by atoms with E-state index in [-0.39, 0.29) is 25.4 Å². The fourth-order valence-corrected chi connectivity index (χ4v) is 1.21. The van der Waals surface area contributed by atoms with Gasteiger partial charge in [0, 0.05) is 6.54 Å². The average Bonchev–Trinajstić information content (AvgIpc) is 2.33. The molecule has 0 aromatic heterocycles. The second-order valence-electron chi connectivity index (χ2n) is 2.86. The Balaban J connectivity index is 0.00000121. The number of hydrogen-bond acceptors (Lipinski definition) is 2. The van der Waals surface area contributed by atoms with Gasteiger partial charge in [-0.1, -0.05) is 0 Å². The van der Waals surface area contributed by atoms with Crippen molar-refractivity contribution in [3.63, 3.8) is 0 Å². The average molecular weight is 206 g/mol. The molecule has 0 aliphatic carbocycles. The number of halogens is 4. The lowest BCUT2D eigenvalue weighted by Gasteiger charge is -2.28. The zero-order chi connectivity index (χ0) is 8.54. The van der Waals surface area contributed by atoms with E-state index in [2.05, 4.69) is 5.32 Å². The third kappa shape index (κ3) is 1.84. The van der Waals surface area contributed by atoms with Gasteiger partial charge in [-0.2, -0.15) is 13.2 Å². The molecule has 0 bridgehead atoms. The Bertz CT molecular complexity index is 144. The van der Waals surface area contributed by atoms with Crippen molar-refractivity contribution in [3.05, 3.63) is 0 Å². The first-order valence-corrected chi connectivity index (χ1v) is 3.40. The van der Waals surface area contributed by atoms with Gasteiger partial charge in [0.25, 0.3) is 0 Å². The molecular formula is C6H11ClF3NO. The van der Waals surface area contributed by atoms with Crippen LogP contribution in [0, 0.1) is 5.41 Å². The molecule has 0 spiro atoms. The molecule has 0 radical (unpaired) electrons. The van der Waals surface area contributed by atoms with Crippen LogP contribution in [0.3, 0.4) is 0 Å². The molecule has 1 heterocycles. The monoisotopic (exact) mass is 205 g/mol. The van der Waals surface area contributed by atoms with Crippen molar-refractivity contribution in [1.29, 1.82) is 0 Å². The zero-order valence-electron chi connectivity index (χ0n) is 6.32. The summed E-state index contributed by atoms with van der Waals surface area (Å²) in [4.78, 5) is 0. The fraction of sp³-hybridized carbons (Fsp3) is 1.00. The quantitative estimate of drug-likeness (QED) is 0.668. The van der Waals surface area contributed by atoms with Crippen molar-refractivity contribution in [2.24, 2.45) is 5.41 Å². The summed E-state index contributed by atoms with van der Waals surface area (Å²) in [7, 11) is 0. The first-order valence-electron chi connectivity index (χ1n) is 3.40. The zero-order valence-corrected chi connectivity index (χ0v) is 7.13. The molecule has 0 unspecified atom stereocenters. The number of aliphatic hydroxyl groups excluding tert-OH is 1. The van der Waals surface area contributed by atoms with Crippen LogP contribution in [0.25, 0.3) is 0 Å². The van der Waals surface area contributed by atoms with E-state index in [9.17, 15) is 13.2 Å². The standard InChI is InChI=1S/C6H10F3NO.ClH/c7-6(8,9)5(4-11)1-2-10-3-5;/h10-11H,1-4H2;1H/t5-;/m1./s1. The van der Waals surface area contributed by atoms with Crippen LogP contribution >= 0.6 is 12.4 Å². The second-order valence-corrected chi connectivity index (χ2v) is 2.86. The van der Waals surface area contributed by atoms with E-state index < -0.39 is 18.2 Å². The minimum absolute atomic E-state index is 0. The molecule has 0 aromatic rings. The lowest BCUT2D eigenvalue weighted by molar-refractivity contribution is -0.227. The van der Waals surface area contributed by atoms with Crippen LogP contribution in [0.2, 0.25) is 0 Å². The van der Waals surface area contributed by atoms with E-state index in [1.54, 1.807) is 0 Å². The summed E-state index contributed by atoms with van der Waals surface area (Å²) in [5.41, 5.74) is -1.88. The van der Waals surface area contributed by atoms with Gasteiger partial charge in [-0.3, -0.25) is 0 Å². The molecule has 1 aliphatic rings. The largest absolute Gasteiger partial charge is 0.397 e. The molecule has 12 heavy (non-hydrogen) atoms. The van der Waals surface area contributed by atoms with Crippen LogP contribution < -0.4 is 5.32 Å². The lowest BCUT2D eigenvalue weighted by atomic mass is 9.87. The maximum absolute atomic E-state index is 12.2. The van der Waals surface area contributed by atoms with Crippen molar-refractivity contribution in [2.45, 2.75) is 12.6 Å². The topological polar surface area (TPSA) is 32.3 Å². The summed E-state index contributed by atoms with van der Waals surface area (Å²) in [5.74, 6) is 0. The molecule has 1 atom stereocenters. The molecule has 2 nitrogen and oxygen atoms in total. The Kier molecular flexibility index (Phi) is 3.81. The molecular weight excluding hydrogens is 195 g/mol. The second kappa shape index (κ2) is 3.81. The van der Waals surface area contributed by atoms with E-state index in [1.807, 2.05) is 0 Å². The van der Waals surface area contributed by atoms with Gasteiger partial charge in [0.05, 0.1) is 6.61 Å². The summed E-state index contributed by atoms with van der Waals surface area (Å²) in [6.45, 7) is -0.642. The van der Waals surface area contributed by atoms with Crippen molar-refractivity contribution >= 4 is 12.4 Å². The summed E-state index contributed by atoms with van der Waals surface area (Å²) in [6.07, 6.45) is -4.31. The van der Waals surface area contributed by atoms with E-state index >= 15 is 0 Å². The molecule has 0 amide bonds. The van der Waals surface area contributed by atoms with Gasteiger partial charge in [-0.05, 0) is 13.0 Å². The lowest BCUT2D eigenvalue weighted by Crippen LogP contribution is -2.42. The van der Waals surface area contributed by atoms with Crippen LogP contribution in [0.5, 0.6) is 0 Å². The normalized spacial score (nSPS) is 30.0. The highest BCUT2D eigenvalue weighted by Crippen LogP contribution is 2.42. The van der Waals surface area contributed by atoms with E-state index in [1.165, 1.54) is 0 Å². The van der Waals surface area contributed by atoms with Crippen LogP contribution in [0.15, 0.2) is 0 Å². The van der Waals surface area contributed by atoms with Crippen LogP contribution in [0.1, 0.15) is 6.42 Å². The van der Waals surface area contributed by atoms with E-state index in [0.717, 1.165) is 0 Å². The highest BCUT2D eigenvalue weighted by atomic mass is 35.5. The molecule has 1 saturated heterocycles. The predicted molar refractivity (Wildman–Crippen MR) is 40.3 cm³/mol. The molecule has 0 saturated carbocycles. The Labute approximate surface area is 74.6 Å². The molecule has 0 aromatic carbocycles. The van der Waals surface area contributed by atoms with E-state index in [4.69, 9.17) is 5.11 Å². The highest BCUT2D eigenvalue weighted by Gasteiger charge is 2.55. The van der Waals surface area contributed by atoms with Crippen LogP contribution in [-0.2, 0) is 0 Å². The summed E-state index contributed by atoms with van der Waals surface area (Å²) < 4.78 is 36.6. The minimum Gasteiger partial charge on any atom is -0.395 e.